The first-order valence-corrected chi connectivity index (χ1v) is 6.52. The van der Waals surface area contributed by atoms with Crippen LogP contribution in [0.15, 0.2) is 42.5 Å². The van der Waals surface area contributed by atoms with Crippen LogP contribution in [0.5, 0.6) is 11.5 Å². The van der Waals surface area contributed by atoms with Crippen LogP contribution < -0.4 is 9.47 Å². The first-order chi connectivity index (χ1) is 9.65. The molecule has 2 aromatic carbocycles. The fourth-order valence-electron chi connectivity index (χ4n) is 1.94. The molecule has 0 saturated carbocycles. The second-order valence-corrected chi connectivity index (χ2v) is 4.66. The summed E-state index contributed by atoms with van der Waals surface area (Å²) in [4.78, 5) is 12.4. The summed E-state index contributed by atoms with van der Waals surface area (Å²) in [5.41, 5.74) is 1.32. The third-order valence-electron chi connectivity index (χ3n) is 3.02. The lowest BCUT2D eigenvalue weighted by molar-refractivity contribution is 0.0990. The normalized spacial score (nSPS) is 10.2. The highest BCUT2D eigenvalue weighted by Gasteiger charge is 2.15. The topological polar surface area (TPSA) is 35.5 Å². The number of benzene rings is 2. The number of methoxy groups -OCH3 is 2. The Morgan fingerprint density at radius 1 is 1.10 bits per heavy atom. The Balaban J connectivity index is 2.27. The van der Waals surface area contributed by atoms with Crippen LogP contribution in [0, 0.1) is 0 Å². The van der Waals surface area contributed by atoms with Crippen LogP contribution in [-0.4, -0.2) is 20.0 Å². The highest BCUT2D eigenvalue weighted by molar-refractivity contribution is 6.31. The van der Waals surface area contributed by atoms with E-state index in [1.807, 2.05) is 18.2 Å². The largest absolute Gasteiger partial charge is 0.497 e. The summed E-state index contributed by atoms with van der Waals surface area (Å²) in [5, 5.41) is 0.591. The van der Waals surface area contributed by atoms with Crippen molar-refractivity contribution in [2.75, 3.05) is 14.2 Å². The van der Waals surface area contributed by atoms with Crippen LogP contribution in [-0.2, 0) is 6.42 Å². The zero-order valence-corrected chi connectivity index (χ0v) is 12.1. The summed E-state index contributed by atoms with van der Waals surface area (Å²) in [6.45, 7) is 0. The summed E-state index contributed by atoms with van der Waals surface area (Å²) in [7, 11) is 3.10. The Labute approximate surface area is 123 Å². The zero-order valence-electron chi connectivity index (χ0n) is 11.4. The van der Waals surface area contributed by atoms with Crippen molar-refractivity contribution in [1.29, 1.82) is 0 Å². The van der Waals surface area contributed by atoms with Gasteiger partial charge < -0.3 is 9.47 Å². The Bertz CT molecular complexity index is 623. The first-order valence-electron chi connectivity index (χ1n) is 6.14. The highest BCUT2D eigenvalue weighted by Crippen LogP contribution is 2.26. The van der Waals surface area contributed by atoms with Gasteiger partial charge in [0, 0.05) is 17.5 Å². The van der Waals surface area contributed by atoms with Gasteiger partial charge >= 0.3 is 0 Å². The minimum absolute atomic E-state index is 0.0439. The number of ether oxygens (including phenoxy) is 2. The maximum atomic E-state index is 12.4. The van der Waals surface area contributed by atoms with E-state index in [2.05, 4.69) is 0 Å². The molecule has 104 valence electrons. The Kier molecular flexibility index (Phi) is 4.64. The van der Waals surface area contributed by atoms with Gasteiger partial charge in [0.05, 0.1) is 19.8 Å². The van der Waals surface area contributed by atoms with E-state index in [0.29, 0.717) is 22.1 Å². The lowest BCUT2D eigenvalue weighted by atomic mass is 10.0. The van der Waals surface area contributed by atoms with E-state index in [0.717, 1.165) is 5.56 Å². The molecule has 0 heterocycles. The summed E-state index contributed by atoms with van der Waals surface area (Å²) < 4.78 is 10.4. The molecule has 0 unspecified atom stereocenters. The van der Waals surface area contributed by atoms with E-state index in [4.69, 9.17) is 21.1 Å². The molecule has 0 amide bonds. The van der Waals surface area contributed by atoms with E-state index >= 15 is 0 Å². The summed E-state index contributed by atoms with van der Waals surface area (Å²) >= 11 is 6.07. The van der Waals surface area contributed by atoms with Gasteiger partial charge in [-0.05, 0) is 23.8 Å². The number of rotatable bonds is 5. The smallest absolute Gasteiger partial charge is 0.171 e. The number of hydrogen-bond donors (Lipinski definition) is 0. The minimum Gasteiger partial charge on any atom is -0.497 e. The third-order valence-corrected chi connectivity index (χ3v) is 3.39. The molecule has 0 aliphatic rings. The average Bonchev–Trinajstić information content (AvgIpc) is 2.48. The molecule has 0 aromatic heterocycles. The molecule has 3 nitrogen and oxygen atoms in total. The van der Waals surface area contributed by atoms with Crippen molar-refractivity contribution in [3.05, 3.63) is 58.6 Å². The lowest BCUT2D eigenvalue weighted by Gasteiger charge is -2.10. The second-order valence-electron chi connectivity index (χ2n) is 4.26. The SMILES string of the molecule is COc1ccc(C(=O)Cc2ccccc2Cl)c(OC)c1. The van der Waals surface area contributed by atoms with Gasteiger partial charge in [-0.2, -0.15) is 0 Å². The fourth-order valence-corrected chi connectivity index (χ4v) is 2.14. The van der Waals surface area contributed by atoms with Crippen LogP contribution in [0.4, 0.5) is 0 Å². The van der Waals surface area contributed by atoms with Crippen LogP contribution in [0.25, 0.3) is 0 Å². The molecule has 2 rings (SSSR count). The van der Waals surface area contributed by atoms with Crippen LogP contribution in [0.1, 0.15) is 15.9 Å². The molecule has 0 radical (unpaired) electrons. The van der Waals surface area contributed by atoms with Crippen molar-refractivity contribution in [1.82, 2.24) is 0 Å². The van der Waals surface area contributed by atoms with Gasteiger partial charge in [-0.25, -0.2) is 0 Å². The third kappa shape index (κ3) is 3.11. The number of hydrogen-bond acceptors (Lipinski definition) is 3. The molecule has 0 atom stereocenters. The number of Topliss-reactive ketones (excluding diaryl/α,β-unsaturated/α-hetero) is 1. The van der Waals surface area contributed by atoms with Crippen LogP contribution in [0.2, 0.25) is 5.02 Å². The van der Waals surface area contributed by atoms with Gasteiger partial charge in [0.25, 0.3) is 0 Å². The number of carbonyl (C=O) groups is 1. The van der Waals surface area contributed by atoms with Crippen LogP contribution >= 0.6 is 11.6 Å². The Morgan fingerprint density at radius 3 is 2.50 bits per heavy atom. The summed E-state index contributed by atoms with van der Waals surface area (Å²) in [6, 6.07) is 12.5. The quantitative estimate of drug-likeness (QED) is 0.786. The predicted molar refractivity (Wildman–Crippen MR) is 79.0 cm³/mol. The Morgan fingerprint density at radius 2 is 1.85 bits per heavy atom. The number of carbonyl (C=O) groups excluding carboxylic acids is 1. The molecule has 0 aliphatic carbocycles. The molecule has 4 heteroatoms. The van der Waals surface area contributed by atoms with Crippen molar-refractivity contribution in [3.63, 3.8) is 0 Å². The molecular formula is C16H15ClO3. The molecule has 20 heavy (non-hydrogen) atoms. The van der Waals surface area contributed by atoms with E-state index < -0.39 is 0 Å². The molecule has 0 N–H and O–H groups in total. The van der Waals surface area contributed by atoms with Crippen molar-refractivity contribution in [2.45, 2.75) is 6.42 Å². The molecule has 2 aromatic rings. The number of halogens is 1. The van der Waals surface area contributed by atoms with Crippen molar-refractivity contribution in [3.8, 4) is 11.5 Å². The fraction of sp³-hybridized carbons (Fsp3) is 0.188. The standard InChI is InChI=1S/C16H15ClO3/c1-19-12-7-8-13(16(10-12)20-2)15(18)9-11-5-3-4-6-14(11)17/h3-8,10H,9H2,1-2H3. The van der Waals surface area contributed by atoms with E-state index in [9.17, 15) is 4.79 Å². The summed E-state index contributed by atoms with van der Waals surface area (Å²) in [6.07, 6.45) is 0.238. The molecule has 0 aliphatic heterocycles. The van der Waals surface area contributed by atoms with Gasteiger partial charge in [-0.3, -0.25) is 4.79 Å². The van der Waals surface area contributed by atoms with Crippen molar-refractivity contribution < 1.29 is 14.3 Å². The van der Waals surface area contributed by atoms with E-state index in [-0.39, 0.29) is 12.2 Å². The van der Waals surface area contributed by atoms with Gasteiger partial charge in [0.1, 0.15) is 11.5 Å². The van der Waals surface area contributed by atoms with Gasteiger partial charge in [0.2, 0.25) is 0 Å². The van der Waals surface area contributed by atoms with Gasteiger partial charge in [0.15, 0.2) is 5.78 Å². The molecule has 0 bridgehead atoms. The Hall–Kier alpha value is -2.00. The van der Waals surface area contributed by atoms with Crippen molar-refractivity contribution >= 4 is 17.4 Å². The second kappa shape index (κ2) is 6.44. The predicted octanol–water partition coefficient (Wildman–Crippen LogP) is 3.78. The maximum Gasteiger partial charge on any atom is 0.171 e. The first kappa shape index (κ1) is 14.4. The monoisotopic (exact) mass is 290 g/mol. The number of ketones is 1. The molecule has 0 fully saturated rings. The van der Waals surface area contributed by atoms with Gasteiger partial charge in [-0.15, -0.1) is 0 Å². The van der Waals surface area contributed by atoms with E-state index in [1.165, 1.54) is 7.11 Å². The highest BCUT2D eigenvalue weighted by atomic mass is 35.5. The van der Waals surface area contributed by atoms with Crippen molar-refractivity contribution in [2.24, 2.45) is 0 Å². The summed E-state index contributed by atoms with van der Waals surface area (Å²) in [5.74, 6) is 1.11. The maximum absolute atomic E-state index is 12.4. The van der Waals surface area contributed by atoms with Crippen LogP contribution in [0.3, 0.4) is 0 Å². The van der Waals surface area contributed by atoms with Gasteiger partial charge in [-0.1, -0.05) is 29.8 Å². The molecule has 0 spiro atoms. The lowest BCUT2D eigenvalue weighted by Crippen LogP contribution is -2.06. The minimum atomic E-state index is -0.0439. The average molecular weight is 291 g/mol. The molecular weight excluding hydrogens is 276 g/mol. The molecule has 0 saturated heterocycles. The zero-order chi connectivity index (χ0) is 14.5. The van der Waals surface area contributed by atoms with E-state index in [1.54, 1.807) is 31.4 Å².